The first-order valence-electron chi connectivity index (χ1n) is 14.5. The molecular formula is C29H40N6O5S. The molecule has 0 aliphatic carbocycles. The second kappa shape index (κ2) is 11.1. The zero-order chi connectivity index (χ0) is 28.8. The molecule has 4 aliphatic rings. The van der Waals surface area contributed by atoms with Crippen molar-refractivity contribution in [3.63, 3.8) is 0 Å². The van der Waals surface area contributed by atoms with Gasteiger partial charge in [0.2, 0.25) is 0 Å². The zero-order valence-corrected chi connectivity index (χ0v) is 25.1. The Morgan fingerprint density at radius 2 is 2.05 bits per heavy atom. The van der Waals surface area contributed by atoms with Gasteiger partial charge in [-0.15, -0.1) is 0 Å². The van der Waals surface area contributed by atoms with Crippen LogP contribution in [0.3, 0.4) is 0 Å². The summed E-state index contributed by atoms with van der Waals surface area (Å²) < 4.78 is 17.7. The summed E-state index contributed by atoms with van der Waals surface area (Å²) in [6.45, 7) is 11.1. The van der Waals surface area contributed by atoms with Crippen LogP contribution in [0.2, 0.25) is 0 Å². The fourth-order valence-corrected chi connectivity index (χ4v) is 7.41. The second-order valence-corrected chi connectivity index (χ2v) is 13.6. The van der Waals surface area contributed by atoms with Crippen LogP contribution in [-0.2, 0) is 16.1 Å². The van der Waals surface area contributed by atoms with Crippen molar-refractivity contribution >= 4 is 29.5 Å². The molecule has 0 bridgehead atoms. The van der Waals surface area contributed by atoms with Gasteiger partial charge >= 0.3 is 6.09 Å². The van der Waals surface area contributed by atoms with Gasteiger partial charge in [-0.2, -0.15) is 0 Å². The summed E-state index contributed by atoms with van der Waals surface area (Å²) in [6, 6.07) is 2.22. The molecule has 2 N–H and O–H groups in total. The van der Waals surface area contributed by atoms with E-state index in [4.69, 9.17) is 24.2 Å². The average molecular weight is 585 g/mol. The molecule has 0 aromatic carbocycles. The number of alkyl carbamates (subject to hydrolysis) is 1. The summed E-state index contributed by atoms with van der Waals surface area (Å²) >= 11 is 1.48. The molecule has 0 saturated carbocycles. The van der Waals surface area contributed by atoms with Crippen LogP contribution in [0.15, 0.2) is 28.4 Å². The highest BCUT2D eigenvalue weighted by atomic mass is 32.2. The maximum Gasteiger partial charge on any atom is 0.407 e. The Bertz CT molecular complexity index is 1280. The van der Waals surface area contributed by atoms with Gasteiger partial charge in [-0.1, -0.05) is 11.8 Å². The Hall–Kier alpha value is -2.83. The Morgan fingerprint density at radius 3 is 2.80 bits per heavy atom. The lowest BCUT2D eigenvalue weighted by molar-refractivity contribution is 0.0434. The van der Waals surface area contributed by atoms with E-state index < -0.39 is 11.7 Å². The van der Waals surface area contributed by atoms with Crippen LogP contribution in [-0.4, -0.2) is 82.8 Å². The van der Waals surface area contributed by atoms with Crippen molar-refractivity contribution in [3.8, 4) is 5.75 Å². The fraction of sp³-hybridized carbons (Fsp3) is 0.655. The van der Waals surface area contributed by atoms with Crippen molar-refractivity contribution in [2.75, 3.05) is 42.6 Å². The van der Waals surface area contributed by atoms with Crippen LogP contribution in [0.25, 0.3) is 0 Å². The number of anilines is 2. The predicted molar refractivity (Wildman–Crippen MR) is 155 cm³/mol. The third-order valence-electron chi connectivity index (χ3n) is 8.58. The molecule has 0 radical (unpaired) electrons. The van der Waals surface area contributed by atoms with Gasteiger partial charge in [0.05, 0.1) is 42.5 Å². The molecule has 12 heteroatoms. The molecule has 4 aliphatic heterocycles. The Balaban J connectivity index is 1.14. The lowest BCUT2D eigenvalue weighted by atomic mass is 9.73. The van der Waals surface area contributed by atoms with Crippen LogP contribution in [0.5, 0.6) is 5.75 Å². The van der Waals surface area contributed by atoms with Gasteiger partial charge in [0.25, 0.3) is 0 Å². The molecule has 41 heavy (non-hydrogen) atoms. The monoisotopic (exact) mass is 584 g/mol. The van der Waals surface area contributed by atoms with Crippen molar-refractivity contribution in [2.24, 2.45) is 5.41 Å². The van der Waals surface area contributed by atoms with Crippen molar-refractivity contribution in [1.82, 2.24) is 20.3 Å². The molecular weight excluding hydrogens is 544 g/mol. The summed E-state index contributed by atoms with van der Waals surface area (Å²) in [5.41, 5.74) is -0.188. The lowest BCUT2D eigenvalue weighted by Crippen LogP contribution is -2.55. The van der Waals surface area contributed by atoms with Crippen LogP contribution >= 0.6 is 11.8 Å². The van der Waals surface area contributed by atoms with Crippen molar-refractivity contribution in [2.45, 2.75) is 93.7 Å². The van der Waals surface area contributed by atoms with E-state index in [0.717, 1.165) is 61.8 Å². The molecule has 3 fully saturated rings. The first-order chi connectivity index (χ1) is 19.7. The summed E-state index contributed by atoms with van der Waals surface area (Å²) in [7, 11) is 0. The van der Waals surface area contributed by atoms with E-state index in [9.17, 15) is 9.90 Å². The number of nitrogens with one attached hydrogen (secondary N) is 1. The maximum absolute atomic E-state index is 12.6. The van der Waals surface area contributed by atoms with Gasteiger partial charge in [-0.3, -0.25) is 0 Å². The normalized spacial score (nSPS) is 25.0. The number of aliphatic hydroxyl groups is 1. The molecule has 0 unspecified atom stereocenters. The molecule has 1 spiro atoms. The van der Waals surface area contributed by atoms with Gasteiger partial charge in [0.1, 0.15) is 22.9 Å². The molecule has 222 valence electrons. The number of amides is 1. The molecule has 6 heterocycles. The molecule has 3 atom stereocenters. The van der Waals surface area contributed by atoms with Crippen molar-refractivity contribution in [1.29, 1.82) is 0 Å². The number of rotatable bonds is 5. The Labute approximate surface area is 245 Å². The molecule has 6 rings (SSSR count). The highest BCUT2D eigenvalue weighted by molar-refractivity contribution is 7.99. The van der Waals surface area contributed by atoms with Crippen molar-refractivity contribution < 1.29 is 24.1 Å². The average Bonchev–Trinajstić information content (AvgIpc) is 3.54. The number of pyridine rings is 1. The lowest BCUT2D eigenvalue weighted by Gasteiger charge is -2.43. The molecule has 2 aromatic rings. The first kappa shape index (κ1) is 28.3. The second-order valence-electron chi connectivity index (χ2n) is 12.5. The summed E-state index contributed by atoms with van der Waals surface area (Å²) in [5, 5.41) is 14.0. The minimum Gasteiger partial charge on any atom is -0.486 e. The predicted octanol–water partition coefficient (Wildman–Crippen LogP) is 3.77. The number of hydrogen-bond donors (Lipinski definition) is 2. The van der Waals surface area contributed by atoms with Crippen molar-refractivity contribution in [3.05, 3.63) is 24.2 Å². The van der Waals surface area contributed by atoms with Gasteiger partial charge in [-0.25, -0.2) is 19.7 Å². The maximum atomic E-state index is 12.6. The standard InChI is InChI=1S/C29H40N6O5S/c1-18-24(33-27(37)40-28(2,3)4)29(17-39-18)8-12-34(13-9-29)25-20(15-36)32-22(14-31-25)41-21-7-10-30-26-23(21)38-16-19-6-5-11-35(19)26/h7,10,14,18-19,24,36H,5-6,8-9,11-13,15-17H2,1-4H3,(H,33,37)/t18-,19-,24+/m0/s1. The number of aliphatic hydroxyl groups excluding tert-OH is 1. The molecule has 11 nitrogen and oxygen atoms in total. The van der Waals surface area contributed by atoms with E-state index in [1.165, 1.54) is 11.8 Å². The van der Waals surface area contributed by atoms with Crippen LogP contribution in [0, 0.1) is 5.41 Å². The van der Waals surface area contributed by atoms with E-state index in [-0.39, 0.29) is 24.2 Å². The number of carbonyl (C=O) groups excluding carboxylic acids is 1. The Kier molecular flexibility index (Phi) is 7.67. The number of ether oxygens (including phenoxy) is 3. The number of carbonyl (C=O) groups is 1. The van der Waals surface area contributed by atoms with Crippen LogP contribution in [0.4, 0.5) is 16.4 Å². The summed E-state index contributed by atoms with van der Waals surface area (Å²) in [4.78, 5) is 32.2. The van der Waals surface area contributed by atoms with E-state index in [2.05, 4.69) is 20.1 Å². The van der Waals surface area contributed by atoms with Crippen LogP contribution in [0.1, 0.15) is 59.1 Å². The Morgan fingerprint density at radius 1 is 1.24 bits per heavy atom. The third kappa shape index (κ3) is 5.65. The minimum atomic E-state index is -0.562. The van der Waals surface area contributed by atoms with E-state index in [0.29, 0.717) is 35.8 Å². The number of fused-ring (bicyclic) bond motifs is 3. The SMILES string of the molecule is C[C@@H]1OCC2(CCN(c3ncc(Sc4ccnc5c4OC[C@@H]4CCCN54)nc3CO)CC2)[C@@H]1NC(=O)OC(C)(C)C. The highest BCUT2D eigenvalue weighted by Gasteiger charge is 2.50. The number of nitrogens with zero attached hydrogens (tertiary/aromatic N) is 5. The quantitative estimate of drug-likeness (QED) is 0.534. The van der Waals surface area contributed by atoms with E-state index in [1.807, 2.05) is 40.0 Å². The minimum absolute atomic E-state index is 0.0996. The molecule has 2 aromatic heterocycles. The molecule has 3 saturated heterocycles. The fourth-order valence-electron chi connectivity index (χ4n) is 6.55. The van der Waals surface area contributed by atoms with Gasteiger partial charge in [0, 0.05) is 31.2 Å². The largest absolute Gasteiger partial charge is 0.486 e. The first-order valence-corrected chi connectivity index (χ1v) is 15.4. The number of piperidine rings is 1. The smallest absolute Gasteiger partial charge is 0.407 e. The number of hydrogen-bond acceptors (Lipinski definition) is 11. The van der Waals surface area contributed by atoms with Gasteiger partial charge < -0.3 is 34.4 Å². The van der Waals surface area contributed by atoms with Gasteiger partial charge in [-0.05, 0) is 59.4 Å². The van der Waals surface area contributed by atoms with E-state index in [1.54, 1.807) is 6.20 Å². The van der Waals surface area contributed by atoms with Crippen LogP contribution < -0.4 is 19.9 Å². The highest BCUT2D eigenvalue weighted by Crippen LogP contribution is 2.45. The zero-order valence-electron chi connectivity index (χ0n) is 24.3. The summed E-state index contributed by atoms with van der Waals surface area (Å²) in [6.07, 6.45) is 7.01. The molecule has 1 amide bonds. The topological polar surface area (TPSA) is 122 Å². The van der Waals surface area contributed by atoms with Gasteiger partial charge in [0.15, 0.2) is 17.4 Å². The number of aromatic nitrogens is 3. The van der Waals surface area contributed by atoms with E-state index >= 15 is 0 Å². The third-order valence-corrected chi connectivity index (χ3v) is 9.52. The summed E-state index contributed by atoms with van der Waals surface area (Å²) in [5.74, 6) is 2.40.